The molecule has 25 heavy (non-hydrogen) atoms. The predicted octanol–water partition coefficient (Wildman–Crippen LogP) is 4.20. The zero-order valence-corrected chi connectivity index (χ0v) is 13.9. The number of hydrogen-bond donors (Lipinski definition) is 0. The van der Waals surface area contributed by atoms with Gasteiger partial charge in [0.2, 0.25) is 0 Å². The predicted molar refractivity (Wildman–Crippen MR) is 92.5 cm³/mol. The van der Waals surface area contributed by atoms with Gasteiger partial charge >= 0.3 is 0 Å². The van der Waals surface area contributed by atoms with Crippen LogP contribution >= 0.6 is 0 Å². The molecule has 1 atom stereocenters. The summed E-state index contributed by atoms with van der Waals surface area (Å²) in [4.78, 5) is 2.13. The molecular formula is C20H19FN2O2. The molecule has 0 aromatic heterocycles. The normalized spacial score (nSPS) is 19.4. The maximum absolute atomic E-state index is 14.0. The summed E-state index contributed by atoms with van der Waals surface area (Å²) in [6.45, 7) is 2.11. The Hall–Kier alpha value is -2.74. The van der Waals surface area contributed by atoms with E-state index in [2.05, 4.69) is 4.90 Å². The zero-order valence-electron chi connectivity index (χ0n) is 13.9. The first kappa shape index (κ1) is 15.8. The van der Waals surface area contributed by atoms with Crippen LogP contribution in [-0.2, 0) is 0 Å². The zero-order chi connectivity index (χ0) is 17.2. The van der Waals surface area contributed by atoms with Crippen molar-refractivity contribution >= 4 is 5.69 Å². The standard InChI is InChI=1S/C20H19FN2O2/c21-16-4-1-5-18(15(16)13-22)23-9-2-6-17(23)14-7-8-19-20(12-14)25-11-3-10-24-19/h1,4-5,7-8,12,17H,2-3,6,9-11H2/t17-/m0/s1. The lowest BCUT2D eigenvalue weighted by atomic mass is 10.0. The van der Waals surface area contributed by atoms with Crippen molar-refractivity contribution in [2.45, 2.75) is 25.3 Å². The number of halogens is 1. The van der Waals surface area contributed by atoms with E-state index in [1.807, 2.05) is 30.3 Å². The van der Waals surface area contributed by atoms with E-state index < -0.39 is 5.82 Å². The third-order valence-corrected chi connectivity index (χ3v) is 4.82. The van der Waals surface area contributed by atoms with Crippen LogP contribution in [0.15, 0.2) is 36.4 Å². The van der Waals surface area contributed by atoms with Gasteiger partial charge in [0.1, 0.15) is 17.4 Å². The number of ether oxygens (including phenoxy) is 2. The minimum atomic E-state index is -0.468. The van der Waals surface area contributed by atoms with Crippen LogP contribution in [0.3, 0.4) is 0 Å². The van der Waals surface area contributed by atoms with Gasteiger partial charge in [0, 0.05) is 13.0 Å². The van der Waals surface area contributed by atoms with Gasteiger partial charge in [-0.1, -0.05) is 12.1 Å². The molecule has 2 aliphatic rings. The maximum atomic E-state index is 14.0. The highest BCUT2D eigenvalue weighted by atomic mass is 19.1. The van der Waals surface area contributed by atoms with Crippen molar-refractivity contribution in [2.75, 3.05) is 24.7 Å². The minimum Gasteiger partial charge on any atom is -0.490 e. The molecule has 4 rings (SSSR count). The van der Waals surface area contributed by atoms with Crippen molar-refractivity contribution in [1.29, 1.82) is 5.26 Å². The second kappa shape index (κ2) is 6.64. The molecule has 0 aliphatic carbocycles. The summed E-state index contributed by atoms with van der Waals surface area (Å²) in [5, 5.41) is 9.35. The Morgan fingerprint density at radius 1 is 1.08 bits per heavy atom. The van der Waals surface area contributed by atoms with E-state index in [1.54, 1.807) is 6.07 Å². The molecule has 4 nitrogen and oxygen atoms in total. The van der Waals surface area contributed by atoms with E-state index in [9.17, 15) is 9.65 Å². The van der Waals surface area contributed by atoms with Gasteiger partial charge in [-0.3, -0.25) is 0 Å². The van der Waals surface area contributed by atoms with Crippen LogP contribution in [0, 0.1) is 17.1 Å². The van der Waals surface area contributed by atoms with Gasteiger partial charge in [-0.25, -0.2) is 4.39 Å². The van der Waals surface area contributed by atoms with E-state index in [1.165, 1.54) is 6.07 Å². The fourth-order valence-corrected chi connectivity index (χ4v) is 3.65. The second-order valence-corrected chi connectivity index (χ2v) is 6.35. The highest BCUT2D eigenvalue weighted by molar-refractivity contribution is 5.62. The Morgan fingerprint density at radius 3 is 2.76 bits per heavy atom. The molecule has 0 radical (unpaired) electrons. The molecule has 2 aliphatic heterocycles. The topological polar surface area (TPSA) is 45.5 Å². The van der Waals surface area contributed by atoms with Crippen molar-refractivity contribution in [1.82, 2.24) is 0 Å². The Morgan fingerprint density at radius 2 is 1.92 bits per heavy atom. The molecule has 2 heterocycles. The average Bonchev–Trinajstić information content (AvgIpc) is 2.99. The molecular weight excluding hydrogens is 319 g/mol. The largest absolute Gasteiger partial charge is 0.490 e. The summed E-state index contributed by atoms with van der Waals surface area (Å²) in [5.41, 5.74) is 1.88. The Kier molecular flexibility index (Phi) is 4.19. The van der Waals surface area contributed by atoms with Gasteiger partial charge < -0.3 is 14.4 Å². The van der Waals surface area contributed by atoms with E-state index >= 15 is 0 Å². The van der Waals surface area contributed by atoms with Gasteiger partial charge in [0.15, 0.2) is 11.5 Å². The summed E-state index contributed by atoms with van der Waals surface area (Å²) in [6, 6.07) is 12.9. The number of rotatable bonds is 2. The third-order valence-electron chi connectivity index (χ3n) is 4.82. The van der Waals surface area contributed by atoms with Crippen LogP contribution in [0.4, 0.5) is 10.1 Å². The first-order chi connectivity index (χ1) is 12.3. The quantitative estimate of drug-likeness (QED) is 0.823. The smallest absolute Gasteiger partial charge is 0.161 e. The van der Waals surface area contributed by atoms with Gasteiger partial charge in [0.05, 0.1) is 24.9 Å². The monoisotopic (exact) mass is 338 g/mol. The van der Waals surface area contributed by atoms with Crippen LogP contribution in [0.5, 0.6) is 11.5 Å². The Bertz CT molecular complexity index is 831. The molecule has 2 aromatic rings. The molecule has 5 heteroatoms. The Labute approximate surface area is 146 Å². The molecule has 0 amide bonds. The molecule has 0 saturated carbocycles. The summed E-state index contributed by atoms with van der Waals surface area (Å²) in [5.74, 6) is 1.07. The fourth-order valence-electron chi connectivity index (χ4n) is 3.65. The average molecular weight is 338 g/mol. The van der Waals surface area contributed by atoms with Crippen LogP contribution < -0.4 is 14.4 Å². The van der Waals surface area contributed by atoms with Crippen molar-refractivity contribution in [3.8, 4) is 17.6 Å². The highest BCUT2D eigenvalue weighted by Gasteiger charge is 2.29. The molecule has 1 saturated heterocycles. The molecule has 0 N–H and O–H groups in total. The molecule has 2 aromatic carbocycles. The van der Waals surface area contributed by atoms with Crippen LogP contribution in [0.2, 0.25) is 0 Å². The molecule has 0 spiro atoms. The lowest BCUT2D eigenvalue weighted by molar-refractivity contribution is 0.297. The number of nitriles is 1. The summed E-state index contributed by atoms with van der Waals surface area (Å²) in [6.07, 6.45) is 2.83. The lowest BCUT2D eigenvalue weighted by Gasteiger charge is -2.28. The van der Waals surface area contributed by atoms with E-state index in [-0.39, 0.29) is 11.6 Å². The van der Waals surface area contributed by atoms with Crippen LogP contribution in [0.1, 0.15) is 36.4 Å². The first-order valence-corrected chi connectivity index (χ1v) is 8.63. The summed E-state index contributed by atoms with van der Waals surface area (Å²) in [7, 11) is 0. The molecule has 128 valence electrons. The van der Waals surface area contributed by atoms with Crippen molar-refractivity contribution in [2.24, 2.45) is 0 Å². The molecule has 0 unspecified atom stereocenters. The van der Waals surface area contributed by atoms with Gasteiger partial charge in [0.25, 0.3) is 0 Å². The number of anilines is 1. The van der Waals surface area contributed by atoms with Gasteiger partial charge in [-0.2, -0.15) is 5.26 Å². The fraction of sp³-hybridized carbons (Fsp3) is 0.350. The highest BCUT2D eigenvalue weighted by Crippen LogP contribution is 2.41. The van der Waals surface area contributed by atoms with E-state index in [0.29, 0.717) is 18.9 Å². The van der Waals surface area contributed by atoms with Crippen molar-refractivity contribution in [3.05, 3.63) is 53.3 Å². The summed E-state index contributed by atoms with van der Waals surface area (Å²) >= 11 is 0. The molecule has 0 bridgehead atoms. The van der Waals surface area contributed by atoms with E-state index in [4.69, 9.17) is 9.47 Å². The summed E-state index contributed by atoms with van der Waals surface area (Å²) < 4.78 is 25.5. The number of nitrogens with zero attached hydrogens (tertiary/aromatic N) is 2. The second-order valence-electron chi connectivity index (χ2n) is 6.35. The first-order valence-electron chi connectivity index (χ1n) is 8.63. The SMILES string of the molecule is N#Cc1c(F)cccc1N1CCC[C@H]1c1ccc2c(c1)OCCCO2. The third kappa shape index (κ3) is 2.89. The minimum absolute atomic E-state index is 0.103. The van der Waals surface area contributed by atoms with Crippen LogP contribution in [-0.4, -0.2) is 19.8 Å². The van der Waals surface area contributed by atoms with E-state index in [0.717, 1.165) is 42.9 Å². The maximum Gasteiger partial charge on any atom is 0.161 e. The van der Waals surface area contributed by atoms with Crippen molar-refractivity contribution < 1.29 is 13.9 Å². The van der Waals surface area contributed by atoms with Gasteiger partial charge in [-0.15, -0.1) is 0 Å². The van der Waals surface area contributed by atoms with Gasteiger partial charge in [-0.05, 0) is 42.7 Å². The van der Waals surface area contributed by atoms with Crippen molar-refractivity contribution in [3.63, 3.8) is 0 Å². The Balaban J connectivity index is 1.70. The molecule has 1 fully saturated rings. The number of fused-ring (bicyclic) bond motifs is 1. The number of benzene rings is 2. The number of hydrogen-bond acceptors (Lipinski definition) is 4. The van der Waals surface area contributed by atoms with Crippen LogP contribution in [0.25, 0.3) is 0 Å². The lowest BCUT2D eigenvalue weighted by Crippen LogP contribution is -2.23.